The maximum Gasteiger partial charge on any atom is 0.246 e. The monoisotopic (exact) mass is 231 g/mol. The van der Waals surface area contributed by atoms with Crippen molar-refractivity contribution in [1.82, 2.24) is 4.90 Å². The Balaban J connectivity index is 2.52. The largest absolute Gasteiger partial charge is 0.298 e. The Morgan fingerprint density at radius 2 is 1.71 bits per heavy atom. The van der Waals surface area contributed by atoms with Gasteiger partial charge in [-0.15, -0.1) is 0 Å². The van der Waals surface area contributed by atoms with Crippen LogP contribution >= 0.6 is 0 Å². The van der Waals surface area contributed by atoms with Crippen LogP contribution in [0.5, 0.6) is 0 Å². The number of ketones is 1. The van der Waals surface area contributed by atoms with Crippen molar-refractivity contribution in [2.45, 2.75) is 18.8 Å². The summed E-state index contributed by atoms with van der Waals surface area (Å²) in [6, 6.07) is 8.84. The number of carbonyl (C=O) groups is 3. The summed E-state index contributed by atoms with van der Waals surface area (Å²) in [5.41, 5.74) is -0.599. The van der Waals surface area contributed by atoms with Crippen LogP contribution in [0.1, 0.15) is 18.9 Å². The van der Waals surface area contributed by atoms with Gasteiger partial charge in [0.25, 0.3) is 0 Å². The fourth-order valence-corrected chi connectivity index (χ4v) is 2.06. The van der Waals surface area contributed by atoms with Gasteiger partial charge in [-0.2, -0.15) is 0 Å². The molecular weight excluding hydrogens is 218 g/mol. The number of imide groups is 1. The standard InChI is InChI=1S/C13H13NO3/c1-13(9-6-4-3-5-7-9)10(15)8-11(16)14(2)12(13)17/h3-7H,8H2,1-2H3. The van der Waals surface area contributed by atoms with Crippen LogP contribution in [0.25, 0.3) is 0 Å². The van der Waals surface area contributed by atoms with E-state index in [1.807, 2.05) is 6.07 Å². The van der Waals surface area contributed by atoms with Crippen LogP contribution in [0.4, 0.5) is 0 Å². The average molecular weight is 231 g/mol. The molecule has 1 fully saturated rings. The maximum absolute atomic E-state index is 12.2. The first-order chi connectivity index (χ1) is 7.98. The van der Waals surface area contributed by atoms with Gasteiger partial charge in [-0.3, -0.25) is 19.3 Å². The normalized spacial score (nSPS) is 25.3. The molecule has 1 aliphatic rings. The summed E-state index contributed by atoms with van der Waals surface area (Å²) in [5.74, 6) is -1.23. The third kappa shape index (κ3) is 1.56. The van der Waals surface area contributed by atoms with E-state index in [-0.39, 0.29) is 12.2 Å². The van der Waals surface area contributed by atoms with Crippen LogP contribution < -0.4 is 0 Å². The first kappa shape index (κ1) is 11.5. The molecule has 1 unspecified atom stereocenters. The predicted octanol–water partition coefficient (Wildman–Crippen LogP) is 0.902. The lowest BCUT2D eigenvalue weighted by molar-refractivity contribution is -0.155. The molecule has 1 saturated heterocycles. The van der Waals surface area contributed by atoms with Crippen molar-refractivity contribution < 1.29 is 14.4 Å². The third-order valence-electron chi connectivity index (χ3n) is 3.33. The van der Waals surface area contributed by atoms with Crippen LogP contribution in [-0.2, 0) is 19.8 Å². The Bertz CT molecular complexity index is 495. The number of hydrogen-bond acceptors (Lipinski definition) is 3. The Kier molecular flexibility index (Phi) is 2.58. The average Bonchev–Trinajstić information content (AvgIpc) is 2.35. The van der Waals surface area contributed by atoms with E-state index in [2.05, 4.69) is 0 Å². The molecule has 0 bridgehead atoms. The van der Waals surface area contributed by atoms with E-state index in [1.165, 1.54) is 7.05 Å². The third-order valence-corrected chi connectivity index (χ3v) is 3.33. The number of benzene rings is 1. The zero-order chi connectivity index (χ0) is 12.6. The van der Waals surface area contributed by atoms with E-state index in [4.69, 9.17) is 0 Å². The number of likely N-dealkylation sites (tertiary alicyclic amines) is 1. The van der Waals surface area contributed by atoms with E-state index < -0.39 is 17.2 Å². The molecule has 88 valence electrons. The summed E-state index contributed by atoms with van der Waals surface area (Å²) in [7, 11) is 1.41. The van der Waals surface area contributed by atoms with Gasteiger partial charge in [0.15, 0.2) is 5.78 Å². The summed E-state index contributed by atoms with van der Waals surface area (Å²) in [6.07, 6.45) is -0.215. The first-order valence-electron chi connectivity index (χ1n) is 5.37. The zero-order valence-electron chi connectivity index (χ0n) is 9.77. The minimum absolute atomic E-state index is 0.215. The van der Waals surface area contributed by atoms with Gasteiger partial charge < -0.3 is 0 Å². The Morgan fingerprint density at radius 1 is 1.12 bits per heavy atom. The number of rotatable bonds is 1. The molecule has 0 radical (unpaired) electrons. The van der Waals surface area contributed by atoms with Crippen molar-refractivity contribution >= 4 is 17.6 Å². The summed E-state index contributed by atoms with van der Waals surface area (Å²) in [6.45, 7) is 1.58. The topological polar surface area (TPSA) is 54.5 Å². The van der Waals surface area contributed by atoms with E-state index in [0.717, 1.165) is 4.90 Å². The molecule has 1 aliphatic heterocycles. The highest BCUT2D eigenvalue weighted by atomic mass is 16.2. The fourth-order valence-electron chi connectivity index (χ4n) is 2.06. The van der Waals surface area contributed by atoms with Crippen LogP contribution in [0.2, 0.25) is 0 Å². The second-order valence-corrected chi connectivity index (χ2v) is 4.35. The molecule has 0 N–H and O–H groups in total. The first-order valence-corrected chi connectivity index (χ1v) is 5.37. The van der Waals surface area contributed by atoms with Crippen LogP contribution in [0.15, 0.2) is 30.3 Å². The highest BCUT2D eigenvalue weighted by Gasteiger charge is 2.49. The second-order valence-electron chi connectivity index (χ2n) is 4.35. The lowest BCUT2D eigenvalue weighted by atomic mass is 9.74. The smallest absolute Gasteiger partial charge is 0.246 e. The van der Waals surface area contributed by atoms with Crippen molar-refractivity contribution in [3.63, 3.8) is 0 Å². The van der Waals surface area contributed by atoms with E-state index in [1.54, 1.807) is 31.2 Å². The number of hydrogen-bond donors (Lipinski definition) is 0. The minimum Gasteiger partial charge on any atom is -0.298 e. The SMILES string of the molecule is CN1C(=O)CC(=O)C(C)(c2ccccc2)C1=O. The molecule has 1 aromatic rings. The number of piperidine rings is 1. The molecule has 2 amide bonds. The van der Waals surface area contributed by atoms with Gasteiger partial charge >= 0.3 is 0 Å². The molecule has 2 rings (SSSR count). The lowest BCUT2D eigenvalue weighted by Gasteiger charge is -2.35. The highest BCUT2D eigenvalue weighted by molar-refractivity contribution is 6.24. The van der Waals surface area contributed by atoms with E-state index in [0.29, 0.717) is 5.56 Å². The van der Waals surface area contributed by atoms with Crippen molar-refractivity contribution in [3.8, 4) is 0 Å². The Morgan fingerprint density at radius 3 is 2.29 bits per heavy atom. The van der Waals surface area contributed by atoms with Crippen LogP contribution in [0.3, 0.4) is 0 Å². The number of Topliss-reactive ketones (excluding diaryl/α,β-unsaturated/α-hetero) is 1. The van der Waals surface area contributed by atoms with Gasteiger partial charge in [-0.25, -0.2) is 0 Å². The summed E-state index contributed by atoms with van der Waals surface area (Å²) < 4.78 is 0. The zero-order valence-corrected chi connectivity index (χ0v) is 9.77. The molecule has 17 heavy (non-hydrogen) atoms. The van der Waals surface area contributed by atoms with Gasteiger partial charge in [0.1, 0.15) is 5.41 Å². The molecule has 4 nitrogen and oxygen atoms in total. The Hall–Kier alpha value is -1.97. The lowest BCUT2D eigenvalue weighted by Crippen LogP contribution is -2.56. The summed E-state index contributed by atoms with van der Waals surface area (Å²) in [4.78, 5) is 36.6. The summed E-state index contributed by atoms with van der Waals surface area (Å²) in [5, 5.41) is 0. The molecule has 0 saturated carbocycles. The number of likely N-dealkylation sites (N-methyl/N-ethyl adjacent to an activating group) is 1. The van der Waals surface area contributed by atoms with E-state index in [9.17, 15) is 14.4 Å². The second kappa shape index (κ2) is 3.80. The van der Waals surface area contributed by atoms with Crippen LogP contribution in [0, 0.1) is 0 Å². The fraction of sp³-hybridized carbons (Fsp3) is 0.308. The van der Waals surface area contributed by atoms with Gasteiger partial charge in [0.2, 0.25) is 11.8 Å². The van der Waals surface area contributed by atoms with Crippen molar-refractivity contribution in [2.24, 2.45) is 0 Å². The molecule has 1 atom stereocenters. The molecule has 4 heteroatoms. The van der Waals surface area contributed by atoms with Crippen LogP contribution in [-0.4, -0.2) is 29.5 Å². The Labute approximate surface area is 99.2 Å². The minimum atomic E-state index is -1.23. The number of amides is 2. The molecule has 1 heterocycles. The molecular formula is C13H13NO3. The van der Waals surface area contributed by atoms with Gasteiger partial charge in [0, 0.05) is 7.05 Å². The van der Waals surface area contributed by atoms with Crippen molar-refractivity contribution in [2.75, 3.05) is 7.05 Å². The van der Waals surface area contributed by atoms with E-state index >= 15 is 0 Å². The molecule has 1 aromatic carbocycles. The number of nitrogens with zero attached hydrogens (tertiary/aromatic N) is 1. The molecule has 0 spiro atoms. The van der Waals surface area contributed by atoms with Gasteiger partial charge in [-0.05, 0) is 12.5 Å². The van der Waals surface area contributed by atoms with Crippen molar-refractivity contribution in [1.29, 1.82) is 0 Å². The maximum atomic E-state index is 12.2. The van der Waals surface area contributed by atoms with Gasteiger partial charge in [0.05, 0.1) is 6.42 Å². The van der Waals surface area contributed by atoms with Gasteiger partial charge in [-0.1, -0.05) is 30.3 Å². The van der Waals surface area contributed by atoms with Crippen molar-refractivity contribution in [3.05, 3.63) is 35.9 Å². The summed E-state index contributed by atoms with van der Waals surface area (Å²) >= 11 is 0. The predicted molar refractivity (Wildman–Crippen MR) is 61.2 cm³/mol. The molecule has 0 aromatic heterocycles. The number of carbonyl (C=O) groups excluding carboxylic acids is 3. The highest BCUT2D eigenvalue weighted by Crippen LogP contribution is 2.31. The molecule has 0 aliphatic carbocycles. The quantitative estimate of drug-likeness (QED) is 0.533.